The molecule has 6 nitrogen and oxygen atoms in total. The van der Waals surface area contributed by atoms with E-state index >= 15 is 0 Å². The molecule has 140 valence electrons. The molecular formula is C17H26ClN3O3S. The SMILES string of the molecule is Cc1ccc(S(=O)(=O)N2CCCC2C(=O)NCC(N)C2CC2)cc1.Cl. The first-order valence-electron chi connectivity index (χ1n) is 8.51. The second kappa shape index (κ2) is 8.03. The Bertz CT molecular complexity index is 704. The molecular weight excluding hydrogens is 362 g/mol. The van der Waals surface area contributed by atoms with Crippen molar-refractivity contribution in [3.05, 3.63) is 29.8 Å². The molecule has 1 saturated heterocycles. The van der Waals surface area contributed by atoms with Crippen molar-refractivity contribution in [3.8, 4) is 0 Å². The number of hydrogen-bond donors (Lipinski definition) is 2. The van der Waals surface area contributed by atoms with Gasteiger partial charge in [-0.25, -0.2) is 8.42 Å². The van der Waals surface area contributed by atoms with Gasteiger partial charge < -0.3 is 11.1 Å². The van der Waals surface area contributed by atoms with E-state index < -0.39 is 16.1 Å². The molecule has 1 saturated carbocycles. The third-order valence-corrected chi connectivity index (χ3v) is 6.80. The molecule has 1 heterocycles. The van der Waals surface area contributed by atoms with Gasteiger partial charge in [0.15, 0.2) is 0 Å². The summed E-state index contributed by atoms with van der Waals surface area (Å²) in [5.74, 6) is 0.264. The first-order chi connectivity index (χ1) is 11.4. The van der Waals surface area contributed by atoms with Gasteiger partial charge in [0, 0.05) is 19.1 Å². The average molecular weight is 388 g/mol. The van der Waals surface area contributed by atoms with Crippen LogP contribution >= 0.6 is 12.4 Å². The molecule has 1 aromatic rings. The number of amides is 1. The Morgan fingerprint density at radius 1 is 1.28 bits per heavy atom. The number of hydrogen-bond acceptors (Lipinski definition) is 4. The van der Waals surface area contributed by atoms with Crippen LogP contribution in [0.3, 0.4) is 0 Å². The van der Waals surface area contributed by atoms with Crippen molar-refractivity contribution in [1.82, 2.24) is 9.62 Å². The number of halogens is 1. The Morgan fingerprint density at radius 3 is 2.52 bits per heavy atom. The first-order valence-corrected chi connectivity index (χ1v) is 9.95. The fourth-order valence-electron chi connectivity index (χ4n) is 3.16. The molecule has 25 heavy (non-hydrogen) atoms. The van der Waals surface area contributed by atoms with Crippen LogP contribution in [0.1, 0.15) is 31.2 Å². The van der Waals surface area contributed by atoms with E-state index in [9.17, 15) is 13.2 Å². The van der Waals surface area contributed by atoms with Crippen LogP contribution in [0.2, 0.25) is 0 Å². The van der Waals surface area contributed by atoms with Crippen molar-refractivity contribution >= 4 is 28.3 Å². The Balaban J connectivity index is 0.00000225. The van der Waals surface area contributed by atoms with E-state index in [1.54, 1.807) is 24.3 Å². The number of nitrogens with zero attached hydrogens (tertiary/aromatic N) is 1. The standard InChI is InChI=1S/C17H25N3O3S.ClH/c1-12-4-8-14(9-5-12)24(22,23)20-10-2-3-16(20)17(21)19-11-15(18)13-6-7-13;/h4-5,8-9,13,15-16H,2-3,6-7,10-11,18H2,1H3,(H,19,21);1H. The molecule has 0 spiro atoms. The Labute approximate surface area is 155 Å². The molecule has 3 N–H and O–H groups in total. The van der Waals surface area contributed by atoms with Gasteiger partial charge in [-0.15, -0.1) is 12.4 Å². The number of rotatable bonds is 6. The molecule has 0 aromatic heterocycles. The summed E-state index contributed by atoms with van der Waals surface area (Å²) in [5, 5.41) is 2.84. The number of sulfonamides is 1. The third-order valence-electron chi connectivity index (χ3n) is 4.87. The van der Waals surface area contributed by atoms with E-state index in [-0.39, 0.29) is 29.3 Å². The van der Waals surface area contributed by atoms with Crippen molar-refractivity contribution in [1.29, 1.82) is 0 Å². The highest BCUT2D eigenvalue weighted by Gasteiger charge is 2.39. The van der Waals surface area contributed by atoms with E-state index in [0.717, 1.165) is 18.4 Å². The monoisotopic (exact) mass is 387 g/mol. The number of nitrogens with one attached hydrogen (secondary N) is 1. The smallest absolute Gasteiger partial charge is 0.243 e. The molecule has 0 bridgehead atoms. The largest absolute Gasteiger partial charge is 0.353 e. The van der Waals surface area contributed by atoms with Gasteiger partial charge in [0.05, 0.1) is 4.90 Å². The number of benzene rings is 1. The van der Waals surface area contributed by atoms with Gasteiger partial charge in [-0.05, 0) is 50.7 Å². The Hall–Kier alpha value is -1.15. The van der Waals surface area contributed by atoms with Crippen molar-refractivity contribution in [2.24, 2.45) is 11.7 Å². The van der Waals surface area contributed by atoms with E-state index in [1.807, 2.05) is 6.92 Å². The number of nitrogens with two attached hydrogens (primary N) is 1. The first kappa shape index (κ1) is 20.2. The molecule has 0 radical (unpaired) electrons. The highest BCUT2D eigenvalue weighted by molar-refractivity contribution is 7.89. The zero-order valence-corrected chi connectivity index (χ0v) is 16.0. The topological polar surface area (TPSA) is 92.5 Å². The molecule has 3 rings (SSSR count). The third kappa shape index (κ3) is 4.53. The van der Waals surface area contributed by atoms with Crippen LogP contribution in [0.15, 0.2) is 29.2 Å². The van der Waals surface area contributed by atoms with Gasteiger partial charge in [0.25, 0.3) is 0 Å². The van der Waals surface area contributed by atoms with Crippen LogP contribution in [-0.2, 0) is 14.8 Å². The van der Waals surface area contributed by atoms with Gasteiger partial charge in [-0.3, -0.25) is 4.79 Å². The lowest BCUT2D eigenvalue weighted by Crippen LogP contribution is -2.48. The molecule has 1 aliphatic carbocycles. The van der Waals surface area contributed by atoms with Crippen molar-refractivity contribution in [3.63, 3.8) is 0 Å². The molecule has 1 aliphatic heterocycles. The highest BCUT2D eigenvalue weighted by Crippen LogP contribution is 2.31. The van der Waals surface area contributed by atoms with Crippen molar-refractivity contribution < 1.29 is 13.2 Å². The van der Waals surface area contributed by atoms with Crippen LogP contribution < -0.4 is 11.1 Å². The summed E-state index contributed by atoms with van der Waals surface area (Å²) in [5.41, 5.74) is 7.00. The van der Waals surface area contributed by atoms with Gasteiger partial charge in [0.1, 0.15) is 6.04 Å². The minimum absolute atomic E-state index is 0. The number of carbonyl (C=O) groups is 1. The van der Waals surface area contributed by atoms with Crippen molar-refractivity contribution in [2.75, 3.05) is 13.1 Å². The average Bonchev–Trinajstić information content (AvgIpc) is 3.28. The summed E-state index contributed by atoms with van der Waals surface area (Å²) in [6, 6.07) is 6.07. The summed E-state index contributed by atoms with van der Waals surface area (Å²) in [4.78, 5) is 12.7. The summed E-state index contributed by atoms with van der Waals surface area (Å²) in [6.07, 6.45) is 3.48. The van der Waals surface area contributed by atoms with Gasteiger partial charge in [-0.2, -0.15) is 4.31 Å². The van der Waals surface area contributed by atoms with Gasteiger partial charge >= 0.3 is 0 Å². The van der Waals surface area contributed by atoms with Crippen LogP contribution in [0, 0.1) is 12.8 Å². The number of aryl methyl sites for hydroxylation is 1. The maximum Gasteiger partial charge on any atom is 0.243 e. The summed E-state index contributed by atoms with van der Waals surface area (Å²) in [7, 11) is -3.65. The Morgan fingerprint density at radius 2 is 1.92 bits per heavy atom. The van der Waals surface area contributed by atoms with Gasteiger partial charge in [0.2, 0.25) is 15.9 Å². The van der Waals surface area contributed by atoms with Crippen LogP contribution in [-0.4, -0.2) is 43.8 Å². The normalized spacial score (nSPS) is 22.2. The molecule has 2 fully saturated rings. The maximum atomic E-state index is 12.8. The zero-order valence-electron chi connectivity index (χ0n) is 14.3. The van der Waals surface area contributed by atoms with E-state index in [1.165, 1.54) is 4.31 Å². The Kier molecular flexibility index (Phi) is 6.48. The van der Waals surface area contributed by atoms with E-state index in [2.05, 4.69) is 5.32 Å². The summed E-state index contributed by atoms with van der Waals surface area (Å²) >= 11 is 0. The minimum Gasteiger partial charge on any atom is -0.353 e. The fourth-order valence-corrected chi connectivity index (χ4v) is 4.82. The molecule has 1 aromatic carbocycles. The molecule has 2 atom stereocenters. The number of carbonyl (C=O) groups excluding carboxylic acids is 1. The second-order valence-corrected chi connectivity index (χ2v) is 8.72. The zero-order chi connectivity index (χ0) is 17.3. The predicted octanol–water partition coefficient (Wildman–Crippen LogP) is 1.42. The lowest BCUT2D eigenvalue weighted by Gasteiger charge is -2.24. The predicted molar refractivity (Wildman–Crippen MR) is 99.0 cm³/mol. The highest BCUT2D eigenvalue weighted by atomic mass is 35.5. The fraction of sp³-hybridized carbons (Fsp3) is 0.588. The summed E-state index contributed by atoms with van der Waals surface area (Å²) < 4.78 is 27.0. The lowest BCUT2D eigenvalue weighted by atomic mass is 10.2. The second-order valence-electron chi connectivity index (χ2n) is 6.83. The van der Waals surface area contributed by atoms with Crippen LogP contribution in [0.4, 0.5) is 0 Å². The molecule has 2 unspecified atom stereocenters. The molecule has 2 aliphatic rings. The quantitative estimate of drug-likeness (QED) is 0.772. The van der Waals surface area contributed by atoms with Gasteiger partial charge in [-0.1, -0.05) is 17.7 Å². The van der Waals surface area contributed by atoms with Crippen LogP contribution in [0.25, 0.3) is 0 Å². The summed E-state index contributed by atoms with van der Waals surface area (Å²) in [6.45, 7) is 2.70. The van der Waals surface area contributed by atoms with Crippen molar-refractivity contribution in [2.45, 2.75) is 49.6 Å². The van der Waals surface area contributed by atoms with E-state index in [0.29, 0.717) is 31.8 Å². The minimum atomic E-state index is -3.65. The van der Waals surface area contributed by atoms with Crippen LogP contribution in [0.5, 0.6) is 0 Å². The molecule has 8 heteroatoms. The molecule has 1 amide bonds. The maximum absolute atomic E-state index is 12.8. The lowest BCUT2D eigenvalue weighted by molar-refractivity contribution is -0.124. The van der Waals surface area contributed by atoms with E-state index in [4.69, 9.17) is 5.73 Å².